The first kappa shape index (κ1) is 9.59. The summed E-state index contributed by atoms with van der Waals surface area (Å²) in [5.74, 6) is 0.280. The highest BCUT2D eigenvalue weighted by Crippen LogP contribution is 2.19. The van der Waals surface area contributed by atoms with Crippen LogP contribution in [-0.4, -0.2) is 26.3 Å². The van der Waals surface area contributed by atoms with Gasteiger partial charge < -0.3 is 5.32 Å². The summed E-state index contributed by atoms with van der Waals surface area (Å²) in [4.78, 5) is 11.8. The third-order valence-electron chi connectivity index (χ3n) is 2.46. The Balaban J connectivity index is 1.93. The number of fused-ring (bicyclic) bond motifs is 1. The first-order chi connectivity index (χ1) is 8.34. The number of carbonyl (C=O) groups is 1. The Hall–Kier alpha value is -2.63. The van der Waals surface area contributed by atoms with Gasteiger partial charge in [-0.05, 0) is 12.1 Å². The van der Waals surface area contributed by atoms with Gasteiger partial charge in [0.05, 0.1) is 17.3 Å². The fourth-order valence-corrected chi connectivity index (χ4v) is 1.61. The van der Waals surface area contributed by atoms with Gasteiger partial charge in [-0.25, -0.2) is 0 Å². The summed E-state index contributed by atoms with van der Waals surface area (Å²) in [5.41, 5.74) is 1.35. The van der Waals surface area contributed by atoms with Gasteiger partial charge in [0.2, 0.25) is 0 Å². The van der Waals surface area contributed by atoms with Crippen molar-refractivity contribution in [2.24, 2.45) is 0 Å². The summed E-state index contributed by atoms with van der Waals surface area (Å²) in [6.45, 7) is 0. The van der Waals surface area contributed by atoms with Crippen molar-refractivity contribution in [2.45, 2.75) is 0 Å². The number of aromatic amines is 2. The molecular weight excluding hydrogens is 218 g/mol. The lowest BCUT2D eigenvalue weighted by Gasteiger charge is -1.99. The zero-order valence-corrected chi connectivity index (χ0v) is 8.77. The molecular formula is C11H9N5O. The van der Waals surface area contributed by atoms with E-state index in [1.165, 1.54) is 12.4 Å². The van der Waals surface area contributed by atoms with Gasteiger partial charge in [0.15, 0.2) is 5.82 Å². The molecule has 0 unspecified atom stereocenters. The minimum absolute atomic E-state index is 0.240. The molecule has 0 saturated heterocycles. The van der Waals surface area contributed by atoms with Crippen molar-refractivity contribution in [1.82, 2.24) is 20.4 Å². The summed E-state index contributed by atoms with van der Waals surface area (Å²) in [5, 5.41) is 16.8. The average molecular weight is 227 g/mol. The fraction of sp³-hybridized carbons (Fsp3) is 0. The van der Waals surface area contributed by atoms with E-state index < -0.39 is 0 Å². The van der Waals surface area contributed by atoms with E-state index in [1.54, 1.807) is 0 Å². The molecule has 0 aliphatic heterocycles. The second-order valence-electron chi connectivity index (χ2n) is 3.56. The van der Waals surface area contributed by atoms with E-state index in [-0.39, 0.29) is 5.91 Å². The van der Waals surface area contributed by atoms with Gasteiger partial charge in [-0.1, -0.05) is 12.1 Å². The lowest BCUT2D eigenvalue weighted by Crippen LogP contribution is -2.11. The van der Waals surface area contributed by atoms with Crippen molar-refractivity contribution < 1.29 is 4.79 Å². The number of benzene rings is 1. The van der Waals surface area contributed by atoms with E-state index in [0.29, 0.717) is 11.4 Å². The molecule has 0 aliphatic rings. The lowest BCUT2D eigenvalue weighted by molar-refractivity contribution is 0.102. The molecule has 6 nitrogen and oxygen atoms in total. The Bertz CT molecular complexity index is 655. The molecule has 0 spiro atoms. The van der Waals surface area contributed by atoms with Crippen molar-refractivity contribution in [1.29, 1.82) is 0 Å². The Morgan fingerprint density at radius 3 is 3.00 bits per heavy atom. The van der Waals surface area contributed by atoms with E-state index >= 15 is 0 Å². The minimum atomic E-state index is -0.240. The second kappa shape index (κ2) is 3.75. The number of para-hydroxylation sites is 1. The van der Waals surface area contributed by atoms with Gasteiger partial charge >= 0.3 is 0 Å². The monoisotopic (exact) mass is 227 g/mol. The molecule has 17 heavy (non-hydrogen) atoms. The molecule has 2 heterocycles. The predicted octanol–water partition coefficient (Wildman–Crippen LogP) is 1.54. The maximum atomic E-state index is 11.8. The normalized spacial score (nSPS) is 10.6. The van der Waals surface area contributed by atoms with Crippen LogP contribution in [0.4, 0.5) is 5.82 Å². The number of amides is 1. The molecule has 3 aromatic rings. The van der Waals surface area contributed by atoms with Crippen molar-refractivity contribution in [3.05, 3.63) is 42.2 Å². The van der Waals surface area contributed by atoms with Crippen molar-refractivity contribution in [2.75, 3.05) is 5.32 Å². The van der Waals surface area contributed by atoms with Gasteiger partial charge in [-0.15, -0.1) is 0 Å². The van der Waals surface area contributed by atoms with Gasteiger partial charge in [0.25, 0.3) is 5.91 Å². The van der Waals surface area contributed by atoms with Crippen molar-refractivity contribution >= 4 is 22.6 Å². The van der Waals surface area contributed by atoms with E-state index in [9.17, 15) is 4.79 Å². The van der Waals surface area contributed by atoms with E-state index in [2.05, 4.69) is 25.7 Å². The Morgan fingerprint density at radius 1 is 1.29 bits per heavy atom. The molecule has 0 aliphatic carbocycles. The SMILES string of the molecule is O=C(Nc1n[nH]c2ccccc12)c1cn[nH]c1. The molecule has 84 valence electrons. The van der Waals surface area contributed by atoms with Crippen LogP contribution in [0.25, 0.3) is 10.9 Å². The summed E-state index contributed by atoms with van der Waals surface area (Å²) in [6, 6.07) is 7.59. The van der Waals surface area contributed by atoms with Crippen LogP contribution >= 0.6 is 0 Å². The van der Waals surface area contributed by atoms with Gasteiger partial charge in [0, 0.05) is 11.6 Å². The second-order valence-corrected chi connectivity index (χ2v) is 3.56. The molecule has 3 N–H and O–H groups in total. The highest BCUT2D eigenvalue weighted by molar-refractivity contribution is 6.07. The molecule has 2 aromatic heterocycles. The number of rotatable bonds is 2. The average Bonchev–Trinajstić information content (AvgIpc) is 2.98. The largest absolute Gasteiger partial charge is 0.304 e. The number of carbonyl (C=O) groups excluding carboxylic acids is 1. The molecule has 0 saturated carbocycles. The molecule has 0 fully saturated rings. The quantitative estimate of drug-likeness (QED) is 0.620. The first-order valence-electron chi connectivity index (χ1n) is 5.08. The van der Waals surface area contributed by atoms with Crippen LogP contribution in [0, 0.1) is 0 Å². The zero-order valence-electron chi connectivity index (χ0n) is 8.77. The third kappa shape index (κ3) is 1.65. The molecule has 0 bridgehead atoms. The molecule has 6 heteroatoms. The molecule has 0 atom stereocenters. The van der Waals surface area contributed by atoms with Gasteiger partial charge in [-0.3, -0.25) is 15.0 Å². The maximum absolute atomic E-state index is 11.8. The van der Waals surface area contributed by atoms with Crippen LogP contribution in [0.1, 0.15) is 10.4 Å². The molecule has 1 aromatic carbocycles. The highest BCUT2D eigenvalue weighted by Gasteiger charge is 2.11. The Morgan fingerprint density at radius 2 is 2.18 bits per heavy atom. The van der Waals surface area contributed by atoms with Crippen LogP contribution in [0.2, 0.25) is 0 Å². The number of aromatic nitrogens is 4. The lowest BCUT2D eigenvalue weighted by atomic mass is 10.2. The van der Waals surface area contributed by atoms with E-state index in [4.69, 9.17) is 0 Å². The summed E-state index contributed by atoms with van der Waals surface area (Å²) in [7, 11) is 0. The zero-order chi connectivity index (χ0) is 11.7. The number of H-pyrrole nitrogens is 2. The molecule has 3 rings (SSSR count). The minimum Gasteiger partial charge on any atom is -0.304 e. The van der Waals surface area contributed by atoms with Gasteiger partial charge in [-0.2, -0.15) is 10.2 Å². The number of hydrogen-bond donors (Lipinski definition) is 3. The third-order valence-corrected chi connectivity index (χ3v) is 2.46. The molecule has 1 amide bonds. The van der Waals surface area contributed by atoms with E-state index in [0.717, 1.165) is 10.9 Å². The van der Waals surface area contributed by atoms with Crippen molar-refractivity contribution in [3.63, 3.8) is 0 Å². The number of hydrogen-bond acceptors (Lipinski definition) is 3. The smallest absolute Gasteiger partial charge is 0.260 e. The van der Waals surface area contributed by atoms with Crippen LogP contribution < -0.4 is 5.32 Å². The number of nitrogens with zero attached hydrogens (tertiary/aromatic N) is 2. The first-order valence-corrected chi connectivity index (χ1v) is 5.08. The Labute approximate surface area is 96.0 Å². The van der Waals surface area contributed by atoms with E-state index in [1.807, 2.05) is 24.3 Å². The number of anilines is 1. The predicted molar refractivity (Wildman–Crippen MR) is 62.6 cm³/mol. The maximum Gasteiger partial charge on any atom is 0.260 e. The summed E-state index contributed by atoms with van der Waals surface area (Å²) in [6.07, 6.45) is 2.99. The van der Waals surface area contributed by atoms with Crippen LogP contribution in [0.5, 0.6) is 0 Å². The van der Waals surface area contributed by atoms with Crippen LogP contribution in [-0.2, 0) is 0 Å². The number of nitrogens with one attached hydrogen (secondary N) is 3. The fourth-order valence-electron chi connectivity index (χ4n) is 1.61. The van der Waals surface area contributed by atoms with Crippen LogP contribution in [0.15, 0.2) is 36.7 Å². The topological polar surface area (TPSA) is 86.5 Å². The van der Waals surface area contributed by atoms with Gasteiger partial charge in [0.1, 0.15) is 0 Å². The summed E-state index contributed by atoms with van der Waals surface area (Å²) >= 11 is 0. The van der Waals surface area contributed by atoms with Crippen LogP contribution in [0.3, 0.4) is 0 Å². The standard InChI is InChI=1S/C11H9N5O/c17-11(7-5-12-13-6-7)14-10-8-3-1-2-4-9(8)15-16-10/h1-6H,(H,12,13)(H2,14,15,16,17). The highest BCUT2D eigenvalue weighted by atomic mass is 16.1. The summed E-state index contributed by atoms with van der Waals surface area (Å²) < 4.78 is 0. The van der Waals surface area contributed by atoms with Crippen molar-refractivity contribution in [3.8, 4) is 0 Å². The molecule has 0 radical (unpaired) electrons. The Kier molecular flexibility index (Phi) is 2.11.